The molecule has 0 saturated carbocycles. The number of nitrogens with one attached hydrogen (secondary N) is 1. The molecule has 0 saturated heterocycles. The molecule has 0 aliphatic rings. The molecule has 0 bridgehead atoms. The van der Waals surface area contributed by atoms with Crippen molar-refractivity contribution in [2.45, 2.75) is 12.5 Å². The van der Waals surface area contributed by atoms with Crippen molar-refractivity contribution in [3.63, 3.8) is 0 Å². The molecule has 3 aromatic rings. The molecule has 0 radical (unpaired) electrons. The van der Waals surface area contributed by atoms with Crippen molar-refractivity contribution in [3.8, 4) is 5.69 Å². The highest BCUT2D eigenvalue weighted by atomic mass is 32.1. The molecule has 1 aromatic carbocycles. The minimum absolute atomic E-state index is 0.116. The number of carbonyl (C=O) groups excluding carboxylic acids is 1. The first-order valence-electron chi connectivity index (χ1n) is 7.39. The first kappa shape index (κ1) is 16.4. The zero-order valence-corrected chi connectivity index (χ0v) is 13.5. The number of halogens is 1. The van der Waals surface area contributed by atoms with Gasteiger partial charge in [-0.3, -0.25) is 4.79 Å². The molecule has 0 aliphatic heterocycles. The molecule has 2 aromatic heterocycles. The molecule has 0 fully saturated rings. The van der Waals surface area contributed by atoms with Gasteiger partial charge in [-0.15, -0.1) is 0 Å². The van der Waals surface area contributed by atoms with Crippen LogP contribution in [0.1, 0.15) is 17.4 Å². The second-order valence-electron chi connectivity index (χ2n) is 5.28. The van der Waals surface area contributed by atoms with Gasteiger partial charge in [-0.25, -0.2) is 9.07 Å². The fourth-order valence-electron chi connectivity index (χ4n) is 2.21. The number of amides is 1. The van der Waals surface area contributed by atoms with E-state index in [0.29, 0.717) is 5.69 Å². The first-order valence-corrected chi connectivity index (χ1v) is 8.33. The van der Waals surface area contributed by atoms with Crippen molar-refractivity contribution in [1.82, 2.24) is 15.1 Å². The summed E-state index contributed by atoms with van der Waals surface area (Å²) in [7, 11) is 0. The summed E-state index contributed by atoms with van der Waals surface area (Å²) >= 11 is 1.50. The van der Waals surface area contributed by atoms with Gasteiger partial charge in [0.05, 0.1) is 23.9 Å². The Morgan fingerprint density at radius 1 is 1.29 bits per heavy atom. The number of aromatic nitrogens is 2. The van der Waals surface area contributed by atoms with Gasteiger partial charge in [0.1, 0.15) is 5.82 Å². The van der Waals surface area contributed by atoms with Crippen LogP contribution in [-0.2, 0) is 11.2 Å². The highest BCUT2D eigenvalue weighted by Crippen LogP contribution is 2.15. The average Bonchev–Trinajstić information content (AvgIpc) is 3.25. The van der Waals surface area contributed by atoms with E-state index in [0.717, 1.165) is 11.3 Å². The molecular formula is C17H16FN3O2S. The topological polar surface area (TPSA) is 67.2 Å². The largest absolute Gasteiger partial charge is 0.387 e. The fraction of sp³-hybridized carbons (Fsp3) is 0.176. The normalized spacial score (nSPS) is 12.1. The van der Waals surface area contributed by atoms with E-state index in [2.05, 4.69) is 10.4 Å². The van der Waals surface area contributed by atoms with Crippen LogP contribution in [0.4, 0.5) is 4.39 Å². The number of thiophene rings is 1. The van der Waals surface area contributed by atoms with Crippen LogP contribution in [0.3, 0.4) is 0 Å². The van der Waals surface area contributed by atoms with E-state index in [9.17, 15) is 14.3 Å². The van der Waals surface area contributed by atoms with Gasteiger partial charge in [0, 0.05) is 12.7 Å². The third-order valence-electron chi connectivity index (χ3n) is 3.50. The summed E-state index contributed by atoms with van der Waals surface area (Å²) in [6.07, 6.45) is 1.12. The van der Waals surface area contributed by atoms with Gasteiger partial charge >= 0.3 is 0 Å². The van der Waals surface area contributed by atoms with Crippen LogP contribution in [0.5, 0.6) is 0 Å². The van der Waals surface area contributed by atoms with Crippen molar-refractivity contribution >= 4 is 17.2 Å². The Labute approximate surface area is 142 Å². The molecule has 24 heavy (non-hydrogen) atoms. The SMILES string of the molecule is O=C(Cc1ccn(-c2ccc(F)cc2)n1)NCC(O)c1ccsc1. The zero-order valence-electron chi connectivity index (χ0n) is 12.7. The van der Waals surface area contributed by atoms with Crippen molar-refractivity contribution in [2.24, 2.45) is 0 Å². The minimum Gasteiger partial charge on any atom is -0.387 e. The third kappa shape index (κ3) is 4.06. The molecular weight excluding hydrogens is 329 g/mol. The lowest BCUT2D eigenvalue weighted by Gasteiger charge is -2.10. The van der Waals surface area contributed by atoms with E-state index in [1.807, 2.05) is 16.8 Å². The van der Waals surface area contributed by atoms with Gasteiger partial charge in [-0.2, -0.15) is 16.4 Å². The number of rotatable bonds is 6. The second kappa shape index (κ2) is 7.37. The van der Waals surface area contributed by atoms with Gasteiger partial charge in [-0.05, 0) is 52.7 Å². The maximum atomic E-state index is 12.9. The summed E-state index contributed by atoms with van der Waals surface area (Å²) in [4.78, 5) is 12.0. The van der Waals surface area contributed by atoms with E-state index in [4.69, 9.17) is 0 Å². The van der Waals surface area contributed by atoms with E-state index in [-0.39, 0.29) is 24.7 Å². The van der Waals surface area contributed by atoms with Gasteiger partial charge in [-0.1, -0.05) is 0 Å². The highest BCUT2D eigenvalue weighted by molar-refractivity contribution is 7.07. The number of carbonyl (C=O) groups is 1. The number of aliphatic hydroxyl groups is 1. The lowest BCUT2D eigenvalue weighted by Crippen LogP contribution is -2.29. The second-order valence-corrected chi connectivity index (χ2v) is 6.06. The van der Waals surface area contributed by atoms with E-state index >= 15 is 0 Å². The summed E-state index contributed by atoms with van der Waals surface area (Å²) in [6.45, 7) is 0.161. The Hall–Kier alpha value is -2.51. The van der Waals surface area contributed by atoms with Crippen LogP contribution in [0.15, 0.2) is 53.4 Å². The van der Waals surface area contributed by atoms with Gasteiger partial charge < -0.3 is 10.4 Å². The highest BCUT2D eigenvalue weighted by Gasteiger charge is 2.11. The van der Waals surface area contributed by atoms with Crippen LogP contribution in [-0.4, -0.2) is 27.3 Å². The first-order chi connectivity index (χ1) is 11.6. The fourth-order valence-corrected chi connectivity index (χ4v) is 2.92. The predicted molar refractivity (Wildman–Crippen MR) is 89.5 cm³/mol. The quantitative estimate of drug-likeness (QED) is 0.721. The number of hydrogen-bond donors (Lipinski definition) is 2. The van der Waals surface area contributed by atoms with Crippen LogP contribution in [0.2, 0.25) is 0 Å². The van der Waals surface area contributed by atoms with Crippen LogP contribution < -0.4 is 5.32 Å². The van der Waals surface area contributed by atoms with Crippen molar-refractivity contribution in [1.29, 1.82) is 0 Å². The molecule has 1 unspecified atom stereocenters. The lowest BCUT2D eigenvalue weighted by atomic mass is 10.2. The third-order valence-corrected chi connectivity index (χ3v) is 4.20. The molecule has 124 valence electrons. The molecule has 2 heterocycles. The molecule has 7 heteroatoms. The predicted octanol–water partition coefficient (Wildman–Crippen LogP) is 2.47. The van der Waals surface area contributed by atoms with Crippen molar-refractivity contribution in [3.05, 3.63) is 70.4 Å². The smallest absolute Gasteiger partial charge is 0.226 e. The zero-order chi connectivity index (χ0) is 16.9. The number of benzene rings is 1. The summed E-state index contributed by atoms with van der Waals surface area (Å²) in [5, 5.41) is 20.7. The Morgan fingerprint density at radius 3 is 2.79 bits per heavy atom. The van der Waals surface area contributed by atoms with Crippen LogP contribution >= 0.6 is 11.3 Å². The number of nitrogens with zero attached hydrogens (tertiary/aromatic N) is 2. The molecule has 1 amide bonds. The van der Waals surface area contributed by atoms with Crippen molar-refractivity contribution < 1.29 is 14.3 Å². The Balaban J connectivity index is 1.54. The summed E-state index contributed by atoms with van der Waals surface area (Å²) in [5.74, 6) is -0.525. The van der Waals surface area contributed by atoms with E-state index in [1.165, 1.54) is 23.5 Å². The van der Waals surface area contributed by atoms with Gasteiger partial charge in [0.15, 0.2) is 0 Å². The summed E-state index contributed by atoms with van der Waals surface area (Å²) < 4.78 is 14.5. The molecule has 5 nitrogen and oxygen atoms in total. The maximum Gasteiger partial charge on any atom is 0.226 e. The van der Waals surface area contributed by atoms with Crippen LogP contribution in [0.25, 0.3) is 5.69 Å². The monoisotopic (exact) mass is 345 g/mol. The van der Waals surface area contributed by atoms with Crippen molar-refractivity contribution in [2.75, 3.05) is 6.54 Å². The molecule has 0 spiro atoms. The Morgan fingerprint density at radius 2 is 2.08 bits per heavy atom. The molecule has 0 aliphatic carbocycles. The Bertz CT molecular complexity index is 800. The molecule has 1 atom stereocenters. The average molecular weight is 345 g/mol. The number of hydrogen-bond acceptors (Lipinski definition) is 4. The molecule has 3 rings (SSSR count). The van der Waals surface area contributed by atoms with E-state index < -0.39 is 6.10 Å². The minimum atomic E-state index is -0.711. The molecule has 2 N–H and O–H groups in total. The number of aliphatic hydroxyl groups excluding tert-OH is 1. The standard InChI is InChI=1S/C17H16FN3O2S/c18-13-1-3-15(4-2-13)21-7-5-14(20-21)9-17(23)19-10-16(22)12-6-8-24-11-12/h1-8,11,16,22H,9-10H2,(H,19,23). The summed E-state index contributed by atoms with van der Waals surface area (Å²) in [5.41, 5.74) is 2.11. The van der Waals surface area contributed by atoms with Gasteiger partial charge in [0.2, 0.25) is 5.91 Å². The van der Waals surface area contributed by atoms with Crippen LogP contribution in [0, 0.1) is 5.82 Å². The van der Waals surface area contributed by atoms with E-state index in [1.54, 1.807) is 29.1 Å². The van der Waals surface area contributed by atoms with Gasteiger partial charge in [0.25, 0.3) is 0 Å². The maximum absolute atomic E-state index is 12.9. The lowest BCUT2D eigenvalue weighted by molar-refractivity contribution is -0.120. The Kier molecular flexibility index (Phi) is 5.02. The summed E-state index contributed by atoms with van der Waals surface area (Å²) in [6, 6.07) is 9.50.